The summed E-state index contributed by atoms with van der Waals surface area (Å²) in [5, 5.41) is 0.961. The van der Waals surface area contributed by atoms with E-state index in [1.807, 2.05) is 44.2 Å². The number of rotatable bonds is 4. The molecule has 0 aliphatic carbocycles. The van der Waals surface area contributed by atoms with Gasteiger partial charge in [0.25, 0.3) is 5.56 Å². The third-order valence-corrected chi connectivity index (χ3v) is 5.88. The van der Waals surface area contributed by atoms with Gasteiger partial charge in [-0.1, -0.05) is 32.0 Å². The fraction of sp³-hybridized carbons (Fsp3) is 0.320. The number of esters is 2. The lowest BCUT2D eigenvalue weighted by Crippen LogP contribution is -2.39. The molecule has 182 valence electrons. The Bertz CT molecular complexity index is 1400. The monoisotopic (exact) mass is 478 g/mol. The fourth-order valence-corrected chi connectivity index (χ4v) is 4.18. The van der Waals surface area contributed by atoms with Gasteiger partial charge in [-0.05, 0) is 18.2 Å². The summed E-state index contributed by atoms with van der Waals surface area (Å²) in [6.45, 7) is 3.48. The molecule has 2 N–H and O–H groups in total. The van der Waals surface area contributed by atoms with Crippen molar-refractivity contribution in [2.24, 2.45) is 5.73 Å². The van der Waals surface area contributed by atoms with Crippen LogP contribution in [0.15, 0.2) is 41.2 Å². The number of pyridine rings is 2. The molecule has 0 fully saturated rings. The number of carbonyl (C=O) groups excluding carboxylic acids is 3. The third kappa shape index (κ3) is 4.28. The lowest BCUT2D eigenvalue weighted by molar-refractivity contribution is -0.172. The van der Waals surface area contributed by atoms with E-state index in [0.717, 1.165) is 21.4 Å². The first kappa shape index (κ1) is 24.1. The summed E-state index contributed by atoms with van der Waals surface area (Å²) >= 11 is 0. The Balaban J connectivity index is 0.00000141. The maximum atomic E-state index is 13.2. The number of nitrogens with zero attached hydrogens (tertiary/aromatic N) is 3. The van der Waals surface area contributed by atoms with Crippen molar-refractivity contribution in [2.75, 3.05) is 20.1 Å². The fourth-order valence-electron chi connectivity index (χ4n) is 4.18. The zero-order valence-electron chi connectivity index (χ0n) is 19.7. The summed E-state index contributed by atoms with van der Waals surface area (Å²) in [4.78, 5) is 55.6. The normalized spacial score (nSPS) is 15.2. The van der Waals surface area contributed by atoms with Crippen LogP contribution in [0, 0.1) is 0 Å². The van der Waals surface area contributed by atoms with Crippen molar-refractivity contribution in [1.29, 1.82) is 0 Å². The SMILES string of the molecule is CC.CN(CC(=O)OC1C(=O)OCc2c1cc1n(c2=O)Cc2cc3ccccc3nc2-1)C(=O)CN. The molecule has 35 heavy (non-hydrogen) atoms. The first-order valence-electron chi connectivity index (χ1n) is 11.3. The average Bonchev–Trinajstić information content (AvgIpc) is 3.22. The summed E-state index contributed by atoms with van der Waals surface area (Å²) in [7, 11) is 1.40. The molecule has 5 rings (SSSR count). The summed E-state index contributed by atoms with van der Waals surface area (Å²) in [6.07, 6.45) is -1.41. The van der Waals surface area contributed by atoms with E-state index in [4.69, 9.17) is 20.2 Å². The van der Waals surface area contributed by atoms with Gasteiger partial charge >= 0.3 is 11.9 Å². The topological polar surface area (TPSA) is 134 Å². The molecule has 2 aliphatic rings. The number of hydrogen-bond acceptors (Lipinski definition) is 8. The lowest BCUT2D eigenvalue weighted by atomic mass is 10.00. The highest BCUT2D eigenvalue weighted by Crippen LogP contribution is 2.36. The van der Waals surface area contributed by atoms with Crippen molar-refractivity contribution >= 4 is 28.7 Å². The Hall–Kier alpha value is -4.05. The molecule has 0 spiro atoms. The van der Waals surface area contributed by atoms with Gasteiger partial charge in [0.05, 0.1) is 35.6 Å². The molecule has 3 aromatic rings. The van der Waals surface area contributed by atoms with Crippen LogP contribution in [0.5, 0.6) is 0 Å². The number of para-hydroxylation sites is 1. The van der Waals surface area contributed by atoms with E-state index in [2.05, 4.69) is 0 Å². The second-order valence-electron chi connectivity index (χ2n) is 7.98. The van der Waals surface area contributed by atoms with Gasteiger partial charge in [-0.15, -0.1) is 0 Å². The van der Waals surface area contributed by atoms with Gasteiger partial charge in [0.2, 0.25) is 12.0 Å². The Morgan fingerprint density at radius 3 is 2.71 bits per heavy atom. The average molecular weight is 479 g/mol. The lowest BCUT2D eigenvalue weighted by Gasteiger charge is -2.25. The highest BCUT2D eigenvalue weighted by molar-refractivity contribution is 5.87. The number of likely N-dealkylation sites (N-methyl/N-ethyl adjacent to an activating group) is 1. The molecule has 2 aromatic heterocycles. The predicted molar refractivity (Wildman–Crippen MR) is 127 cm³/mol. The maximum Gasteiger partial charge on any atom is 0.352 e. The van der Waals surface area contributed by atoms with Gasteiger partial charge in [0.15, 0.2) is 0 Å². The molecule has 2 aliphatic heterocycles. The van der Waals surface area contributed by atoms with E-state index in [1.165, 1.54) is 7.05 Å². The molecule has 0 radical (unpaired) electrons. The van der Waals surface area contributed by atoms with Gasteiger partial charge in [0.1, 0.15) is 13.2 Å². The Morgan fingerprint density at radius 2 is 1.97 bits per heavy atom. The van der Waals surface area contributed by atoms with Crippen molar-refractivity contribution in [1.82, 2.24) is 14.5 Å². The minimum Gasteiger partial charge on any atom is -0.458 e. The van der Waals surface area contributed by atoms with E-state index >= 15 is 0 Å². The zero-order valence-corrected chi connectivity index (χ0v) is 19.7. The first-order chi connectivity index (χ1) is 16.9. The summed E-state index contributed by atoms with van der Waals surface area (Å²) in [5.74, 6) is -2.05. The minimum atomic E-state index is -1.41. The van der Waals surface area contributed by atoms with Crippen LogP contribution >= 0.6 is 0 Å². The molecule has 1 atom stereocenters. The van der Waals surface area contributed by atoms with E-state index < -0.39 is 30.5 Å². The summed E-state index contributed by atoms with van der Waals surface area (Å²) < 4.78 is 12.1. The highest BCUT2D eigenvalue weighted by atomic mass is 16.6. The van der Waals surface area contributed by atoms with Gasteiger partial charge in [-0.2, -0.15) is 0 Å². The van der Waals surface area contributed by atoms with Crippen molar-refractivity contribution in [2.45, 2.75) is 33.1 Å². The van der Waals surface area contributed by atoms with E-state index in [1.54, 1.807) is 10.6 Å². The molecule has 10 nitrogen and oxygen atoms in total. The quantitative estimate of drug-likeness (QED) is 0.436. The van der Waals surface area contributed by atoms with Crippen molar-refractivity contribution in [3.63, 3.8) is 0 Å². The van der Waals surface area contributed by atoms with Crippen molar-refractivity contribution in [3.8, 4) is 11.4 Å². The molecule has 4 heterocycles. The van der Waals surface area contributed by atoms with E-state index in [9.17, 15) is 19.2 Å². The van der Waals surface area contributed by atoms with Gasteiger partial charge in [-0.3, -0.25) is 14.4 Å². The zero-order chi connectivity index (χ0) is 25.3. The molecule has 0 bridgehead atoms. The number of carbonyl (C=O) groups is 3. The molecule has 10 heteroatoms. The van der Waals surface area contributed by atoms with Gasteiger partial charge < -0.3 is 24.7 Å². The number of aromatic nitrogens is 2. The van der Waals surface area contributed by atoms with Gasteiger partial charge in [0, 0.05) is 23.6 Å². The molecule has 0 saturated heterocycles. The maximum absolute atomic E-state index is 13.2. The van der Waals surface area contributed by atoms with Crippen LogP contribution < -0.4 is 11.3 Å². The molecular formula is C25H26N4O6. The molecule has 1 amide bonds. The summed E-state index contributed by atoms with van der Waals surface area (Å²) in [6, 6.07) is 11.3. The minimum absolute atomic E-state index is 0.210. The van der Waals surface area contributed by atoms with Crippen LogP contribution in [0.1, 0.15) is 36.6 Å². The number of cyclic esters (lactones) is 1. The number of fused-ring (bicyclic) bond motifs is 5. The number of hydrogen-bond donors (Lipinski definition) is 1. The first-order valence-corrected chi connectivity index (χ1v) is 11.3. The van der Waals surface area contributed by atoms with Crippen LogP contribution in [0.2, 0.25) is 0 Å². The smallest absolute Gasteiger partial charge is 0.352 e. The van der Waals surface area contributed by atoms with Crippen LogP contribution in [0.3, 0.4) is 0 Å². The van der Waals surface area contributed by atoms with Crippen LogP contribution in [0.4, 0.5) is 0 Å². The van der Waals surface area contributed by atoms with Crippen molar-refractivity contribution < 1.29 is 23.9 Å². The number of nitrogens with two attached hydrogens (primary N) is 1. The van der Waals surface area contributed by atoms with E-state index in [-0.39, 0.29) is 29.8 Å². The van der Waals surface area contributed by atoms with Crippen LogP contribution in [-0.4, -0.2) is 52.4 Å². The van der Waals surface area contributed by atoms with E-state index in [0.29, 0.717) is 17.9 Å². The number of amides is 1. The van der Waals surface area contributed by atoms with Crippen LogP contribution in [-0.2, 0) is 37.0 Å². The molecule has 1 unspecified atom stereocenters. The molecular weight excluding hydrogens is 452 g/mol. The largest absolute Gasteiger partial charge is 0.458 e. The Morgan fingerprint density at radius 1 is 1.23 bits per heavy atom. The molecule has 0 saturated carbocycles. The number of ether oxygens (including phenoxy) is 2. The second-order valence-corrected chi connectivity index (χ2v) is 7.98. The Kier molecular flexibility index (Phi) is 6.65. The third-order valence-electron chi connectivity index (χ3n) is 5.88. The Labute approximate surface area is 201 Å². The summed E-state index contributed by atoms with van der Waals surface area (Å²) in [5.41, 5.74) is 8.35. The number of benzene rings is 1. The second kappa shape index (κ2) is 9.67. The van der Waals surface area contributed by atoms with Crippen molar-refractivity contribution in [3.05, 3.63) is 63.4 Å². The highest BCUT2D eigenvalue weighted by Gasteiger charge is 2.37. The van der Waals surface area contributed by atoms with Crippen LogP contribution in [0.25, 0.3) is 22.3 Å². The predicted octanol–water partition coefficient (Wildman–Crippen LogP) is 1.51. The van der Waals surface area contributed by atoms with Gasteiger partial charge in [-0.25, -0.2) is 9.78 Å². The standard InChI is InChI=1S/C23H20N4O6.C2H6/c1-26(18(28)8-24)10-19(29)33-21-14-7-17-20-13(6-12-4-2-3-5-16(12)25-20)9-27(17)22(30)15(14)11-32-23(21)31;1-2/h2-7,21H,8-11,24H2,1H3;1-2H3. The molecule has 1 aromatic carbocycles.